The largest absolute Gasteiger partial charge is 0.495 e. The minimum atomic E-state index is -0.135. The molecule has 0 spiro atoms. The highest BCUT2D eigenvalue weighted by molar-refractivity contribution is 7.99. The van der Waals surface area contributed by atoms with Gasteiger partial charge in [-0.3, -0.25) is 4.79 Å². The molecule has 8 nitrogen and oxygen atoms in total. The zero-order valence-electron chi connectivity index (χ0n) is 15.3. The molecule has 1 fully saturated rings. The Labute approximate surface area is 167 Å². The first-order chi connectivity index (χ1) is 13.1. The second-order valence-corrected chi connectivity index (χ2v) is 7.53. The standard InChI is InChI=1S/C17H22ClN5O3S/c1-22-15(10-23-5-7-26-8-6-23)20-21-17(22)27-11-16(24)19-12-3-4-14(25-2)13(18)9-12/h3-4,9H,5-8,10-11H2,1-2H3,(H,19,24)/p+1. The van der Waals surface area contributed by atoms with Gasteiger partial charge in [-0.15, -0.1) is 10.2 Å². The van der Waals surface area contributed by atoms with Crippen LogP contribution in [0.3, 0.4) is 0 Å². The first-order valence-electron chi connectivity index (χ1n) is 8.62. The molecule has 2 N–H and O–H groups in total. The van der Waals surface area contributed by atoms with Gasteiger partial charge in [-0.05, 0) is 18.2 Å². The van der Waals surface area contributed by atoms with E-state index in [1.54, 1.807) is 25.3 Å². The van der Waals surface area contributed by atoms with Crippen LogP contribution in [0.2, 0.25) is 5.02 Å². The lowest BCUT2D eigenvalue weighted by Crippen LogP contribution is -3.12. The van der Waals surface area contributed by atoms with Crippen molar-refractivity contribution in [3.8, 4) is 5.75 Å². The number of anilines is 1. The Morgan fingerprint density at radius 2 is 2.19 bits per heavy atom. The minimum absolute atomic E-state index is 0.135. The first kappa shape index (κ1) is 19.9. The molecule has 1 aromatic heterocycles. The van der Waals surface area contributed by atoms with Crippen LogP contribution in [0.25, 0.3) is 0 Å². The fourth-order valence-electron chi connectivity index (χ4n) is 2.76. The molecule has 1 aromatic carbocycles. The SMILES string of the molecule is COc1ccc(NC(=O)CSc2nnc(C[NH+]3CCOCC3)n2C)cc1Cl. The Balaban J connectivity index is 1.52. The molecule has 27 heavy (non-hydrogen) atoms. The minimum Gasteiger partial charge on any atom is -0.495 e. The lowest BCUT2D eigenvalue weighted by molar-refractivity contribution is -0.922. The number of nitrogens with one attached hydrogen (secondary N) is 2. The Hall–Kier alpha value is -1.81. The van der Waals surface area contributed by atoms with Gasteiger partial charge in [0.05, 0.1) is 31.1 Å². The topological polar surface area (TPSA) is 82.7 Å². The smallest absolute Gasteiger partial charge is 0.234 e. The molecule has 0 radical (unpaired) electrons. The van der Waals surface area contributed by atoms with E-state index in [9.17, 15) is 4.79 Å². The first-order valence-corrected chi connectivity index (χ1v) is 9.99. The summed E-state index contributed by atoms with van der Waals surface area (Å²) < 4.78 is 12.4. The third-order valence-electron chi connectivity index (χ3n) is 4.30. The number of methoxy groups -OCH3 is 1. The number of hydrogen-bond acceptors (Lipinski definition) is 6. The number of aromatic nitrogens is 3. The van der Waals surface area contributed by atoms with Crippen LogP contribution in [0.5, 0.6) is 5.75 Å². The molecule has 1 amide bonds. The van der Waals surface area contributed by atoms with E-state index in [1.165, 1.54) is 16.7 Å². The lowest BCUT2D eigenvalue weighted by Gasteiger charge is -2.23. The molecular formula is C17H23ClN5O3S+. The normalized spacial score (nSPS) is 14.9. The number of quaternary nitrogens is 1. The van der Waals surface area contributed by atoms with Crippen molar-refractivity contribution in [1.82, 2.24) is 14.8 Å². The van der Waals surface area contributed by atoms with Gasteiger partial charge < -0.3 is 24.3 Å². The summed E-state index contributed by atoms with van der Waals surface area (Å²) in [5.41, 5.74) is 0.626. The molecule has 0 bridgehead atoms. The molecule has 10 heteroatoms. The van der Waals surface area contributed by atoms with Crippen molar-refractivity contribution in [2.75, 3.05) is 44.5 Å². The molecule has 2 aromatic rings. The van der Waals surface area contributed by atoms with Crippen LogP contribution in [0, 0.1) is 0 Å². The Morgan fingerprint density at radius 1 is 1.41 bits per heavy atom. The Morgan fingerprint density at radius 3 is 2.89 bits per heavy atom. The van der Waals surface area contributed by atoms with Crippen molar-refractivity contribution in [3.63, 3.8) is 0 Å². The second-order valence-electron chi connectivity index (χ2n) is 6.18. The number of nitrogens with zero attached hydrogens (tertiary/aromatic N) is 3. The van der Waals surface area contributed by atoms with E-state index in [-0.39, 0.29) is 11.7 Å². The zero-order valence-corrected chi connectivity index (χ0v) is 16.9. The number of amides is 1. The van der Waals surface area contributed by atoms with Crippen LogP contribution in [0.15, 0.2) is 23.4 Å². The van der Waals surface area contributed by atoms with Gasteiger partial charge in [0.15, 0.2) is 11.0 Å². The van der Waals surface area contributed by atoms with E-state index in [2.05, 4.69) is 15.5 Å². The number of carbonyl (C=O) groups excluding carboxylic acids is 1. The van der Waals surface area contributed by atoms with Crippen LogP contribution >= 0.6 is 23.4 Å². The van der Waals surface area contributed by atoms with Crippen molar-refractivity contribution >= 4 is 35.0 Å². The number of halogens is 1. The fourth-order valence-corrected chi connectivity index (χ4v) is 3.74. The van der Waals surface area contributed by atoms with Crippen LogP contribution in [0.1, 0.15) is 5.82 Å². The van der Waals surface area contributed by atoms with Crippen LogP contribution in [0.4, 0.5) is 5.69 Å². The number of ether oxygens (including phenoxy) is 2. The summed E-state index contributed by atoms with van der Waals surface area (Å²) in [4.78, 5) is 13.6. The van der Waals surface area contributed by atoms with Crippen LogP contribution in [-0.4, -0.2) is 59.8 Å². The van der Waals surface area contributed by atoms with E-state index in [4.69, 9.17) is 21.1 Å². The molecular weight excluding hydrogens is 390 g/mol. The van der Waals surface area contributed by atoms with Gasteiger partial charge in [-0.2, -0.15) is 0 Å². The summed E-state index contributed by atoms with van der Waals surface area (Å²) in [5.74, 6) is 1.58. The van der Waals surface area contributed by atoms with E-state index in [0.717, 1.165) is 43.8 Å². The number of hydrogen-bond donors (Lipinski definition) is 2. The van der Waals surface area contributed by atoms with Gasteiger partial charge in [0.25, 0.3) is 0 Å². The van der Waals surface area contributed by atoms with Crippen molar-refractivity contribution < 1.29 is 19.2 Å². The highest BCUT2D eigenvalue weighted by Gasteiger charge is 2.19. The van der Waals surface area contributed by atoms with Crippen LogP contribution in [-0.2, 0) is 23.1 Å². The molecule has 3 rings (SSSR count). The van der Waals surface area contributed by atoms with Crippen molar-refractivity contribution in [2.45, 2.75) is 11.7 Å². The number of benzene rings is 1. The summed E-state index contributed by atoms with van der Waals surface area (Å²) >= 11 is 7.43. The predicted molar refractivity (Wildman–Crippen MR) is 104 cm³/mol. The average Bonchev–Trinajstić information content (AvgIpc) is 3.01. The third-order valence-corrected chi connectivity index (χ3v) is 5.62. The maximum Gasteiger partial charge on any atom is 0.234 e. The van der Waals surface area contributed by atoms with E-state index >= 15 is 0 Å². The number of rotatable bonds is 7. The van der Waals surface area contributed by atoms with Gasteiger partial charge >= 0.3 is 0 Å². The molecule has 0 unspecified atom stereocenters. The Bertz CT molecular complexity index is 795. The molecule has 1 saturated heterocycles. The molecule has 0 aliphatic carbocycles. The molecule has 1 aliphatic heterocycles. The fraction of sp³-hybridized carbons (Fsp3) is 0.471. The lowest BCUT2D eigenvalue weighted by atomic mass is 10.3. The van der Waals surface area contributed by atoms with E-state index < -0.39 is 0 Å². The summed E-state index contributed by atoms with van der Waals surface area (Å²) in [6.07, 6.45) is 0. The highest BCUT2D eigenvalue weighted by Crippen LogP contribution is 2.27. The van der Waals surface area contributed by atoms with Crippen molar-refractivity contribution in [1.29, 1.82) is 0 Å². The van der Waals surface area contributed by atoms with Gasteiger partial charge in [-0.25, -0.2) is 0 Å². The van der Waals surface area contributed by atoms with Gasteiger partial charge in [0.2, 0.25) is 5.91 Å². The average molecular weight is 413 g/mol. The zero-order chi connectivity index (χ0) is 19.2. The van der Waals surface area contributed by atoms with Crippen LogP contribution < -0.4 is 15.0 Å². The van der Waals surface area contributed by atoms with Gasteiger partial charge in [0, 0.05) is 12.7 Å². The quantitative estimate of drug-likeness (QED) is 0.649. The number of thioether (sulfide) groups is 1. The molecule has 2 heterocycles. The summed E-state index contributed by atoms with van der Waals surface area (Å²) in [6, 6.07) is 5.13. The number of carbonyl (C=O) groups is 1. The third kappa shape index (κ3) is 5.35. The second kappa shape index (κ2) is 9.41. The maximum absolute atomic E-state index is 12.2. The van der Waals surface area contributed by atoms with E-state index in [0.29, 0.717) is 16.5 Å². The maximum atomic E-state index is 12.2. The molecule has 0 saturated carbocycles. The van der Waals surface area contributed by atoms with Crippen molar-refractivity contribution in [2.24, 2.45) is 7.05 Å². The monoisotopic (exact) mass is 412 g/mol. The van der Waals surface area contributed by atoms with E-state index in [1.807, 2.05) is 11.6 Å². The van der Waals surface area contributed by atoms with Crippen molar-refractivity contribution in [3.05, 3.63) is 29.0 Å². The Kier molecular flexibility index (Phi) is 6.95. The predicted octanol–water partition coefficient (Wildman–Crippen LogP) is 0.623. The van der Waals surface area contributed by atoms with Gasteiger partial charge in [-0.1, -0.05) is 23.4 Å². The van der Waals surface area contributed by atoms with Gasteiger partial charge in [0.1, 0.15) is 25.4 Å². The molecule has 0 atom stereocenters. The highest BCUT2D eigenvalue weighted by atomic mass is 35.5. The summed E-state index contributed by atoms with van der Waals surface area (Å²) in [5, 5.41) is 12.5. The molecule has 146 valence electrons. The number of morpholine rings is 1. The summed E-state index contributed by atoms with van der Waals surface area (Å²) in [6.45, 7) is 4.32. The molecule has 1 aliphatic rings. The summed E-state index contributed by atoms with van der Waals surface area (Å²) in [7, 11) is 3.48.